The molecule has 1 nitrogen and oxygen atoms in total. The van der Waals surface area contributed by atoms with Crippen LogP contribution in [0.4, 0.5) is 5.69 Å². The number of para-hydroxylation sites is 1. The first kappa shape index (κ1) is 10.4. The summed E-state index contributed by atoms with van der Waals surface area (Å²) in [6, 6.07) is 17.8. The van der Waals surface area contributed by atoms with Crippen LogP contribution in [0, 0.1) is 6.92 Å². The molecule has 0 spiro atoms. The van der Waals surface area contributed by atoms with Crippen molar-refractivity contribution in [2.75, 3.05) is 5.32 Å². The molecule has 0 fully saturated rings. The van der Waals surface area contributed by atoms with Gasteiger partial charge in [-0.15, -0.1) is 0 Å². The minimum absolute atomic E-state index is 0.479. The molecule has 2 aromatic rings. The molecular weight excluding hydrogens is 206 g/mol. The highest BCUT2D eigenvalue weighted by atomic mass is 14.9. The summed E-state index contributed by atoms with van der Waals surface area (Å²) >= 11 is 0. The zero-order valence-corrected chi connectivity index (χ0v) is 10.1. The van der Waals surface area contributed by atoms with Gasteiger partial charge in [-0.25, -0.2) is 0 Å². The second kappa shape index (κ2) is 4.25. The average molecular weight is 223 g/mol. The molecule has 0 aromatic heterocycles. The van der Waals surface area contributed by atoms with Crippen molar-refractivity contribution in [3.05, 3.63) is 65.2 Å². The highest BCUT2D eigenvalue weighted by molar-refractivity contribution is 5.48. The minimum Gasteiger partial charge on any atom is -0.378 e. The molecule has 1 aliphatic carbocycles. The molecule has 0 radical (unpaired) electrons. The van der Waals surface area contributed by atoms with E-state index in [0.717, 1.165) is 0 Å². The number of anilines is 1. The van der Waals surface area contributed by atoms with E-state index in [-0.39, 0.29) is 0 Å². The third-order valence-corrected chi connectivity index (χ3v) is 3.49. The monoisotopic (exact) mass is 223 g/mol. The number of benzene rings is 2. The molecule has 1 unspecified atom stereocenters. The Morgan fingerprint density at radius 2 is 1.88 bits per heavy atom. The normalized spacial score (nSPS) is 17.8. The zero-order chi connectivity index (χ0) is 11.7. The SMILES string of the molecule is Cc1ccc2c(c1)C(Nc1ccccc1)CC2. The quantitative estimate of drug-likeness (QED) is 0.808. The molecule has 0 aliphatic heterocycles. The van der Waals surface area contributed by atoms with Crippen molar-refractivity contribution in [2.45, 2.75) is 25.8 Å². The van der Waals surface area contributed by atoms with Gasteiger partial charge in [0.1, 0.15) is 0 Å². The van der Waals surface area contributed by atoms with Crippen molar-refractivity contribution >= 4 is 5.69 Å². The molecule has 1 N–H and O–H groups in total. The van der Waals surface area contributed by atoms with Crippen molar-refractivity contribution < 1.29 is 0 Å². The lowest BCUT2D eigenvalue weighted by Crippen LogP contribution is -2.06. The number of fused-ring (bicyclic) bond motifs is 1. The maximum Gasteiger partial charge on any atom is 0.0519 e. The Balaban J connectivity index is 1.86. The van der Waals surface area contributed by atoms with Crippen LogP contribution in [0.3, 0.4) is 0 Å². The van der Waals surface area contributed by atoms with Crippen LogP contribution in [-0.2, 0) is 6.42 Å². The molecule has 0 saturated heterocycles. The maximum atomic E-state index is 3.62. The van der Waals surface area contributed by atoms with Gasteiger partial charge in [0.25, 0.3) is 0 Å². The lowest BCUT2D eigenvalue weighted by atomic mass is 10.0. The van der Waals surface area contributed by atoms with Gasteiger partial charge < -0.3 is 5.32 Å². The van der Waals surface area contributed by atoms with Gasteiger partial charge in [-0.05, 0) is 43.0 Å². The van der Waals surface area contributed by atoms with E-state index >= 15 is 0 Å². The molecule has 17 heavy (non-hydrogen) atoms. The summed E-state index contributed by atoms with van der Waals surface area (Å²) < 4.78 is 0. The third-order valence-electron chi connectivity index (χ3n) is 3.49. The van der Waals surface area contributed by atoms with Crippen LogP contribution in [0.1, 0.15) is 29.2 Å². The fraction of sp³-hybridized carbons (Fsp3) is 0.250. The number of hydrogen-bond donors (Lipinski definition) is 1. The molecule has 86 valence electrons. The van der Waals surface area contributed by atoms with E-state index in [4.69, 9.17) is 0 Å². The molecule has 0 bridgehead atoms. The summed E-state index contributed by atoms with van der Waals surface area (Å²) in [6.07, 6.45) is 2.40. The number of aryl methyl sites for hydroxylation is 2. The molecule has 0 heterocycles. The second-order valence-corrected chi connectivity index (χ2v) is 4.80. The van der Waals surface area contributed by atoms with Crippen molar-refractivity contribution in [2.24, 2.45) is 0 Å². The smallest absolute Gasteiger partial charge is 0.0519 e. The molecule has 1 atom stereocenters. The third kappa shape index (κ3) is 2.05. The Hall–Kier alpha value is -1.76. The van der Waals surface area contributed by atoms with E-state index < -0.39 is 0 Å². The zero-order valence-electron chi connectivity index (χ0n) is 10.1. The fourth-order valence-corrected chi connectivity index (χ4v) is 2.61. The molecule has 3 rings (SSSR count). The second-order valence-electron chi connectivity index (χ2n) is 4.80. The molecular formula is C16H17N. The predicted molar refractivity (Wildman–Crippen MR) is 72.3 cm³/mol. The van der Waals surface area contributed by atoms with E-state index in [1.165, 1.54) is 35.2 Å². The lowest BCUT2D eigenvalue weighted by molar-refractivity contribution is 0.762. The molecule has 1 heteroatoms. The topological polar surface area (TPSA) is 12.0 Å². The van der Waals surface area contributed by atoms with Gasteiger partial charge in [0.2, 0.25) is 0 Å². The summed E-state index contributed by atoms with van der Waals surface area (Å²) in [7, 11) is 0. The lowest BCUT2D eigenvalue weighted by Gasteiger charge is -2.15. The number of hydrogen-bond acceptors (Lipinski definition) is 1. The van der Waals surface area contributed by atoms with Crippen LogP contribution in [-0.4, -0.2) is 0 Å². The molecule has 0 saturated carbocycles. The van der Waals surface area contributed by atoms with E-state index in [0.29, 0.717) is 6.04 Å². The van der Waals surface area contributed by atoms with Gasteiger partial charge >= 0.3 is 0 Å². The van der Waals surface area contributed by atoms with Gasteiger partial charge in [-0.3, -0.25) is 0 Å². The first-order valence-electron chi connectivity index (χ1n) is 6.24. The van der Waals surface area contributed by atoms with Crippen LogP contribution in [0.2, 0.25) is 0 Å². The minimum atomic E-state index is 0.479. The van der Waals surface area contributed by atoms with Crippen molar-refractivity contribution in [3.8, 4) is 0 Å². The average Bonchev–Trinajstić information content (AvgIpc) is 2.73. The van der Waals surface area contributed by atoms with Gasteiger partial charge in [0, 0.05) is 5.69 Å². The van der Waals surface area contributed by atoms with Crippen LogP contribution in [0.25, 0.3) is 0 Å². The summed E-state index contributed by atoms with van der Waals surface area (Å²) in [5.41, 5.74) is 5.55. The van der Waals surface area contributed by atoms with E-state index in [9.17, 15) is 0 Å². The maximum absolute atomic E-state index is 3.62. The molecule has 0 amide bonds. The highest BCUT2D eigenvalue weighted by Crippen LogP contribution is 2.34. The summed E-state index contributed by atoms with van der Waals surface area (Å²) in [5, 5.41) is 3.62. The van der Waals surface area contributed by atoms with E-state index in [2.05, 4.69) is 60.8 Å². The number of rotatable bonds is 2. The highest BCUT2D eigenvalue weighted by Gasteiger charge is 2.21. The fourth-order valence-electron chi connectivity index (χ4n) is 2.61. The van der Waals surface area contributed by atoms with Crippen LogP contribution < -0.4 is 5.32 Å². The Labute approximate surface area is 102 Å². The van der Waals surface area contributed by atoms with Gasteiger partial charge in [0.15, 0.2) is 0 Å². The first-order valence-corrected chi connectivity index (χ1v) is 6.24. The van der Waals surface area contributed by atoms with E-state index in [1.807, 2.05) is 0 Å². The van der Waals surface area contributed by atoms with Crippen molar-refractivity contribution in [1.29, 1.82) is 0 Å². The first-order chi connectivity index (χ1) is 8.33. The van der Waals surface area contributed by atoms with Crippen LogP contribution in [0.15, 0.2) is 48.5 Å². The standard InChI is InChI=1S/C16H17N/c1-12-7-8-13-9-10-16(15(13)11-12)17-14-5-3-2-4-6-14/h2-8,11,16-17H,9-10H2,1H3. The van der Waals surface area contributed by atoms with Crippen LogP contribution in [0.5, 0.6) is 0 Å². The summed E-state index contributed by atoms with van der Waals surface area (Å²) in [6.45, 7) is 2.16. The molecule has 2 aromatic carbocycles. The predicted octanol–water partition coefficient (Wildman–Crippen LogP) is 4.09. The largest absolute Gasteiger partial charge is 0.378 e. The Morgan fingerprint density at radius 3 is 2.71 bits per heavy atom. The van der Waals surface area contributed by atoms with Gasteiger partial charge in [-0.2, -0.15) is 0 Å². The van der Waals surface area contributed by atoms with Gasteiger partial charge in [-0.1, -0.05) is 42.0 Å². The van der Waals surface area contributed by atoms with Gasteiger partial charge in [0.05, 0.1) is 6.04 Å². The summed E-state index contributed by atoms with van der Waals surface area (Å²) in [5.74, 6) is 0. The Morgan fingerprint density at radius 1 is 1.06 bits per heavy atom. The summed E-state index contributed by atoms with van der Waals surface area (Å²) in [4.78, 5) is 0. The van der Waals surface area contributed by atoms with Crippen molar-refractivity contribution in [3.63, 3.8) is 0 Å². The Kier molecular flexibility index (Phi) is 2.60. The number of nitrogens with one attached hydrogen (secondary N) is 1. The molecule has 1 aliphatic rings. The van der Waals surface area contributed by atoms with E-state index in [1.54, 1.807) is 0 Å². The van der Waals surface area contributed by atoms with Crippen molar-refractivity contribution in [1.82, 2.24) is 0 Å². The van der Waals surface area contributed by atoms with Crippen LogP contribution >= 0.6 is 0 Å². The Bertz CT molecular complexity index is 516.